The summed E-state index contributed by atoms with van der Waals surface area (Å²) in [5, 5.41) is 0.556. The van der Waals surface area contributed by atoms with Gasteiger partial charge in [-0.3, -0.25) is 4.79 Å². The molecule has 2 heterocycles. The van der Waals surface area contributed by atoms with E-state index in [0.717, 1.165) is 23.2 Å². The molecule has 0 spiro atoms. The first-order valence-electron chi connectivity index (χ1n) is 8.15. The predicted molar refractivity (Wildman–Crippen MR) is 96.7 cm³/mol. The minimum Gasteiger partial charge on any atom is -0.368 e. The van der Waals surface area contributed by atoms with E-state index in [1.807, 2.05) is 28.8 Å². The van der Waals surface area contributed by atoms with Crippen molar-refractivity contribution in [3.05, 3.63) is 47.3 Å². The Hall–Kier alpha value is -2.08. The van der Waals surface area contributed by atoms with Crippen LogP contribution in [0.15, 0.2) is 35.4 Å². The van der Waals surface area contributed by atoms with E-state index in [0.29, 0.717) is 24.8 Å². The molecule has 0 fully saturated rings. The standard InChI is InChI=1S/C18H22N4OS/c1-12(2)24-15-5-3-13(4-6-15)9-17(23)22-8-7-14-10-20-18(19)21-16(14)11-22/h3-6,10,12H,7-9,11H2,1-2H3,(H2,19,20,21). The number of aromatic nitrogens is 2. The number of benzene rings is 1. The molecule has 0 bridgehead atoms. The van der Waals surface area contributed by atoms with Gasteiger partial charge in [0.15, 0.2) is 0 Å². The molecule has 24 heavy (non-hydrogen) atoms. The fourth-order valence-corrected chi connectivity index (χ4v) is 3.61. The summed E-state index contributed by atoms with van der Waals surface area (Å²) in [4.78, 5) is 23.9. The van der Waals surface area contributed by atoms with Gasteiger partial charge in [0.25, 0.3) is 0 Å². The second-order valence-electron chi connectivity index (χ2n) is 6.25. The van der Waals surface area contributed by atoms with Gasteiger partial charge in [-0.15, -0.1) is 11.8 Å². The quantitative estimate of drug-likeness (QED) is 0.865. The zero-order chi connectivity index (χ0) is 17.1. The molecule has 1 aromatic heterocycles. The first-order valence-corrected chi connectivity index (χ1v) is 9.03. The largest absolute Gasteiger partial charge is 0.368 e. The highest BCUT2D eigenvalue weighted by atomic mass is 32.2. The Labute approximate surface area is 146 Å². The third-order valence-corrected chi connectivity index (χ3v) is 4.98. The highest BCUT2D eigenvalue weighted by molar-refractivity contribution is 7.99. The Morgan fingerprint density at radius 3 is 2.79 bits per heavy atom. The Balaban J connectivity index is 1.63. The molecule has 1 aliphatic heterocycles. The van der Waals surface area contributed by atoms with Crippen molar-refractivity contribution in [1.82, 2.24) is 14.9 Å². The number of rotatable bonds is 4. The zero-order valence-electron chi connectivity index (χ0n) is 14.0. The van der Waals surface area contributed by atoms with Gasteiger partial charge in [0.1, 0.15) is 0 Å². The van der Waals surface area contributed by atoms with E-state index in [4.69, 9.17) is 5.73 Å². The van der Waals surface area contributed by atoms with Gasteiger partial charge in [-0.2, -0.15) is 0 Å². The van der Waals surface area contributed by atoms with Crippen molar-refractivity contribution in [2.45, 2.75) is 43.4 Å². The van der Waals surface area contributed by atoms with Gasteiger partial charge in [0.05, 0.1) is 18.7 Å². The molecular weight excluding hydrogens is 320 g/mol. The number of carbonyl (C=O) groups is 1. The summed E-state index contributed by atoms with van der Waals surface area (Å²) in [6, 6.07) is 8.26. The number of nitrogen functional groups attached to an aromatic ring is 1. The van der Waals surface area contributed by atoms with Crippen LogP contribution < -0.4 is 5.73 Å². The van der Waals surface area contributed by atoms with Gasteiger partial charge >= 0.3 is 0 Å². The third kappa shape index (κ3) is 4.06. The van der Waals surface area contributed by atoms with Crippen LogP contribution in [0.3, 0.4) is 0 Å². The van der Waals surface area contributed by atoms with Gasteiger partial charge < -0.3 is 10.6 Å². The lowest BCUT2D eigenvalue weighted by atomic mass is 10.1. The fourth-order valence-electron chi connectivity index (χ4n) is 2.78. The molecular formula is C18H22N4OS. The number of anilines is 1. The van der Waals surface area contributed by atoms with Crippen LogP contribution in [0.5, 0.6) is 0 Å². The zero-order valence-corrected chi connectivity index (χ0v) is 14.8. The van der Waals surface area contributed by atoms with Crippen LogP contribution in [0.25, 0.3) is 0 Å². The molecule has 3 rings (SSSR count). The Morgan fingerprint density at radius 2 is 2.08 bits per heavy atom. The predicted octanol–water partition coefficient (Wildman–Crippen LogP) is 2.69. The van der Waals surface area contributed by atoms with Crippen LogP contribution in [-0.4, -0.2) is 32.6 Å². The van der Waals surface area contributed by atoms with Crippen LogP contribution in [0.4, 0.5) is 5.95 Å². The Bertz CT molecular complexity index is 730. The molecule has 0 saturated heterocycles. The summed E-state index contributed by atoms with van der Waals surface area (Å²) < 4.78 is 0. The highest BCUT2D eigenvalue weighted by Crippen LogP contribution is 2.23. The summed E-state index contributed by atoms with van der Waals surface area (Å²) in [6.07, 6.45) is 2.97. The van der Waals surface area contributed by atoms with Crippen molar-refractivity contribution in [2.75, 3.05) is 12.3 Å². The number of hydrogen-bond acceptors (Lipinski definition) is 5. The molecule has 2 N–H and O–H groups in total. The van der Waals surface area contributed by atoms with Crippen LogP contribution >= 0.6 is 11.8 Å². The topological polar surface area (TPSA) is 72.1 Å². The number of fused-ring (bicyclic) bond motifs is 1. The first-order chi connectivity index (χ1) is 11.5. The van der Waals surface area contributed by atoms with Crippen molar-refractivity contribution < 1.29 is 4.79 Å². The number of hydrogen-bond donors (Lipinski definition) is 1. The molecule has 0 radical (unpaired) electrons. The summed E-state index contributed by atoms with van der Waals surface area (Å²) in [5.41, 5.74) is 8.64. The van der Waals surface area contributed by atoms with Crippen molar-refractivity contribution in [3.63, 3.8) is 0 Å². The van der Waals surface area contributed by atoms with E-state index in [2.05, 4.69) is 35.9 Å². The maximum Gasteiger partial charge on any atom is 0.227 e. The van der Waals surface area contributed by atoms with Gasteiger partial charge in [0.2, 0.25) is 11.9 Å². The molecule has 6 heteroatoms. The van der Waals surface area contributed by atoms with Gasteiger partial charge in [-0.1, -0.05) is 26.0 Å². The van der Waals surface area contributed by atoms with Crippen LogP contribution in [0, 0.1) is 0 Å². The molecule has 0 aliphatic carbocycles. The molecule has 5 nitrogen and oxygen atoms in total. The second kappa shape index (κ2) is 7.21. The summed E-state index contributed by atoms with van der Waals surface area (Å²) >= 11 is 1.83. The molecule has 1 aliphatic rings. The van der Waals surface area contributed by atoms with Crippen molar-refractivity contribution in [2.24, 2.45) is 0 Å². The average Bonchev–Trinajstić information content (AvgIpc) is 2.55. The molecule has 2 aromatic rings. The summed E-state index contributed by atoms with van der Waals surface area (Å²) in [6.45, 7) is 5.57. The molecule has 126 valence electrons. The van der Waals surface area contributed by atoms with Crippen LogP contribution in [-0.2, 0) is 24.2 Å². The van der Waals surface area contributed by atoms with Gasteiger partial charge in [0, 0.05) is 22.9 Å². The lowest BCUT2D eigenvalue weighted by molar-refractivity contribution is -0.131. The minimum atomic E-state index is 0.127. The molecule has 0 atom stereocenters. The second-order valence-corrected chi connectivity index (χ2v) is 7.90. The number of carbonyl (C=O) groups excluding carboxylic acids is 1. The Morgan fingerprint density at radius 1 is 1.33 bits per heavy atom. The third-order valence-electron chi connectivity index (χ3n) is 3.97. The van der Waals surface area contributed by atoms with Crippen molar-refractivity contribution in [1.29, 1.82) is 0 Å². The molecule has 0 saturated carbocycles. The van der Waals surface area contributed by atoms with E-state index in [9.17, 15) is 4.79 Å². The molecule has 1 aromatic carbocycles. The van der Waals surface area contributed by atoms with E-state index in [-0.39, 0.29) is 11.9 Å². The van der Waals surface area contributed by atoms with Crippen molar-refractivity contribution in [3.8, 4) is 0 Å². The summed E-state index contributed by atoms with van der Waals surface area (Å²) in [5.74, 6) is 0.392. The normalized spacial score (nSPS) is 13.9. The van der Waals surface area contributed by atoms with Crippen LogP contribution in [0.1, 0.15) is 30.7 Å². The SMILES string of the molecule is CC(C)Sc1ccc(CC(=O)N2CCc3cnc(N)nc3C2)cc1. The molecule has 0 unspecified atom stereocenters. The average molecular weight is 342 g/mol. The minimum absolute atomic E-state index is 0.127. The fraction of sp³-hybridized carbons (Fsp3) is 0.389. The lowest BCUT2D eigenvalue weighted by Gasteiger charge is -2.28. The monoisotopic (exact) mass is 342 g/mol. The first kappa shape index (κ1) is 16.8. The van der Waals surface area contributed by atoms with E-state index in [1.54, 1.807) is 6.20 Å². The van der Waals surface area contributed by atoms with Crippen molar-refractivity contribution >= 4 is 23.6 Å². The lowest BCUT2D eigenvalue weighted by Crippen LogP contribution is -2.37. The summed E-state index contributed by atoms with van der Waals surface area (Å²) in [7, 11) is 0. The Kier molecular flexibility index (Phi) is 5.04. The van der Waals surface area contributed by atoms with Crippen LogP contribution in [0.2, 0.25) is 0 Å². The number of amides is 1. The van der Waals surface area contributed by atoms with Gasteiger partial charge in [-0.25, -0.2) is 9.97 Å². The maximum atomic E-state index is 12.6. The maximum absolute atomic E-state index is 12.6. The van der Waals surface area contributed by atoms with E-state index < -0.39 is 0 Å². The van der Waals surface area contributed by atoms with E-state index >= 15 is 0 Å². The smallest absolute Gasteiger partial charge is 0.227 e. The number of nitrogens with zero attached hydrogens (tertiary/aromatic N) is 3. The highest BCUT2D eigenvalue weighted by Gasteiger charge is 2.22. The van der Waals surface area contributed by atoms with Gasteiger partial charge in [-0.05, 0) is 29.7 Å². The number of nitrogens with two attached hydrogens (primary N) is 1. The number of thioether (sulfide) groups is 1. The molecule has 1 amide bonds. The van der Waals surface area contributed by atoms with E-state index in [1.165, 1.54) is 4.90 Å².